The van der Waals surface area contributed by atoms with Crippen LogP contribution < -0.4 is 5.76 Å². The predicted molar refractivity (Wildman–Crippen MR) is 80.5 cm³/mol. The fourth-order valence-electron chi connectivity index (χ4n) is 2.07. The lowest BCUT2D eigenvalue weighted by Crippen LogP contribution is -2.27. The van der Waals surface area contributed by atoms with E-state index in [0.29, 0.717) is 11.3 Å². The van der Waals surface area contributed by atoms with Crippen molar-refractivity contribution < 1.29 is 23.1 Å². The second-order valence-corrected chi connectivity index (χ2v) is 5.11. The Labute approximate surface area is 135 Å². The van der Waals surface area contributed by atoms with Crippen LogP contribution in [0.3, 0.4) is 0 Å². The molecule has 1 atom stereocenters. The molecule has 8 heteroatoms. The van der Waals surface area contributed by atoms with Crippen molar-refractivity contribution in [2.75, 3.05) is 6.61 Å². The summed E-state index contributed by atoms with van der Waals surface area (Å²) in [6.45, 7) is 0.145. The van der Waals surface area contributed by atoms with Gasteiger partial charge in [0.1, 0.15) is 18.2 Å². The van der Waals surface area contributed by atoms with Crippen molar-refractivity contribution >= 4 is 0 Å². The lowest BCUT2D eigenvalue weighted by Gasteiger charge is -2.09. The summed E-state index contributed by atoms with van der Waals surface area (Å²) in [6, 6.07) is 8.88. The summed E-state index contributed by atoms with van der Waals surface area (Å²) in [5.41, 5.74) is 0.468. The molecular formula is C16H15FN2O5. The van der Waals surface area contributed by atoms with E-state index in [9.17, 15) is 14.3 Å². The fourth-order valence-corrected chi connectivity index (χ4v) is 2.07. The van der Waals surface area contributed by atoms with Gasteiger partial charge in [0.05, 0.1) is 25.5 Å². The minimum Gasteiger partial charge on any atom is -0.467 e. The molecule has 0 bridgehead atoms. The molecule has 3 aromatic rings. The number of rotatable bonds is 7. The number of hydrogen-bond donors (Lipinski definition) is 1. The molecule has 7 nitrogen and oxygen atoms in total. The predicted octanol–water partition coefficient (Wildman–Crippen LogP) is 1.81. The molecule has 0 amide bonds. The van der Waals surface area contributed by atoms with Crippen LogP contribution in [-0.2, 0) is 17.9 Å². The van der Waals surface area contributed by atoms with Crippen molar-refractivity contribution in [2.24, 2.45) is 0 Å². The minimum atomic E-state index is -0.941. The standard InChI is InChI=1S/C16H15FN2O5/c17-12-5-3-11(4-6-12)15-18-19(16(21)24-15)8-13(20)9-22-10-14-2-1-7-23-14/h1-7,13,20H,8-10H2/t13-/m1/s1. The molecule has 0 saturated carbocycles. The number of aliphatic hydroxyl groups is 1. The average molecular weight is 334 g/mol. The van der Waals surface area contributed by atoms with Gasteiger partial charge in [0.15, 0.2) is 0 Å². The number of aliphatic hydroxyl groups excluding tert-OH is 1. The third-order valence-electron chi connectivity index (χ3n) is 3.22. The van der Waals surface area contributed by atoms with Crippen LogP contribution in [0.1, 0.15) is 5.76 Å². The monoisotopic (exact) mass is 334 g/mol. The second kappa shape index (κ2) is 7.24. The highest BCUT2D eigenvalue weighted by Gasteiger charge is 2.14. The summed E-state index contributed by atoms with van der Waals surface area (Å²) in [6.07, 6.45) is 0.588. The van der Waals surface area contributed by atoms with Crippen LogP contribution in [0.25, 0.3) is 11.5 Å². The van der Waals surface area contributed by atoms with Crippen LogP contribution in [0, 0.1) is 5.82 Å². The Kier molecular flexibility index (Phi) is 4.88. The van der Waals surface area contributed by atoms with E-state index in [4.69, 9.17) is 13.6 Å². The third kappa shape index (κ3) is 3.98. The van der Waals surface area contributed by atoms with Gasteiger partial charge in [-0.15, -0.1) is 5.10 Å². The highest BCUT2D eigenvalue weighted by Crippen LogP contribution is 2.15. The van der Waals surface area contributed by atoms with Gasteiger partial charge in [-0.25, -0.2) is 9.18 Å². The lowest BCUT2D eigenvalue weighted by molar-refractivity contribution is 0.0123. The maximum Gasteiger partial charge on any atom is 0.437 e. The molecule has 24 heavy (non-hydrogen) atoms. The molecule has 1 N–H and O–H groups in total. The molecule has 0 aliphatic heterocycles. The zero-order valence-corrected chi connectivity index (χ0v) is 12.6. The zero-order valence-electron chi connectivity index (χ0n) is 12.6. The van der Waals surface area contributed by atoms with E-state index in [0.717, 1.165) is 4.68 Å². The maximum atomic E-state index is 12.9. The van der Waals surface area contributed by atoms with Crippen molar-refractivity contribution in [3.8, 4) is 11.5 Å². The topological polar surface area (TPSA) is 90.6 Å². The van der Waals surface area contributed by atoms with Crippen molar-refractivity contribution in [2.45, 2.75) is 19.3 Å². The van der Waals surface area contributed by atoms with Crippen LogP contribution in [0.15, 0.2) is 56.3 Å². The van der Waals surface area contributed by atoms with Gasteiger partial charge >= 0.3 is 5.76 Å². The van der Waals surface area contributed by atoms with E-state index in [-0.39, 0.29) is 25.6 Å². The van der Waals surface area contributed by atoms with Crippen LogP contribution in [0.4, 0.5) is 4.39 Å². The molecule has 0 aliphatic rings. The van der Waals surface area contributed by atoms with Crippen molar-refractivity contribution in [3.05, 3.63) is 64.8 Å². The Bertz CT molecular complexity index is 823. The van der Waals surface area contributed by atoms with E-state index >= 15 is 0 Å². The Morgan fingerprint density at radius 2 is 2.08 bits per heavy atom. The third-order valence-corrected chi connectivity index (χ3v) is 3.22. The van der Waals surface area contributed by atoms with Gasteiger partial charge in [0.25, 0.3) is 0 Å². The molecule has 0 aliphatic carbocycles. The summed E-state index contributed by atoms with van der Waals surface area (Å²) in [7, 11) is 0. The molecule has 0 radical (unpaired) electrons. The van der Waals surface area contributed by atoms with Gasteiger partial charge in [-0.2, -0.15) is 4.68 Å². The number of halogens is 1. The van der Waals surface area contributed by atoms with E-state index < -0.39 is 17.7 Å². The highest BCUT2D eigenvalue weighted by molar-refractivity contribution is 5.51. The van der Waals surface area contributed by atoms with Gasteiger partial charge < -0.3 is 18.7 Å². The number of hydrogen-bond acceptors (Lipinski definition) is 6. The highest BCUT2D eigenvalue weighted by atomic mass is 19.1. The largest absolute Gasteiger partial charge is 0.467 e. The lowest BCUT2D eigenvalue weighted by atomic mass is 10.2. The van der Waals surface area contributed by atoms with Gasteiger partial charge in [-0.05, 0) is 36.4 Å². The minimum absolute atomic E-state index is 0.00583. The number of furan rings is 1. The summed E-state index contributed by atoms with van der Waals surface area (Å²) in [4.78, 5) is 11.8. The van der Waals surface area contributed by atoms with Gasteiger partial charge in [0, 0.05) is 5.56 Å². The molecule has 2 aromatic heterocycles. The van der Waals surface area contributed by atoms with Crippen LogP contribution >= 0.6 is 0 Å². The Balaban J connectivity index is 1.58. The number of nitrogens with zero attached hydrogens (tertiary/aromatic N) is 2. The molecule has 0 unspecified atom stereocenters. The second-order valence-electron chi connectivity index (χ2n) is 5.11. The maximum absolute atomic E-state index is 12.9. The molecule has 3 rings (SSSR count). The van der Waals surface area contributed by atoms with Crippen molar-refractivity contribution in [1.82, 2.24) is 9.78 Å². The summed E-state index contributed by atoms with van der Waals surface area (Å²) >= 11 is 0. The molecule has 126 valence electrons. The Morgan fingerprint density at radius 3 is 2.79 bits per heavy atom. The summed E-state index contributed by atoms with van der Waals surface area (Å²) in [5.74, 6) is -0.410. The van der Waals surface area contributed by atoms with E-state index in [2.05, 4.69) is 5.10 Å². The summed E-state index contributed by atoms with van der Waals surface area (Å²) < 4.78 is 29.3. The van der Waals surface area contributed by atoms with Crippen LogP contribution in [-0.4, -0.2) is 27.6 Å². The van der Waals surface area contributed by atoms with Crippen LogP contribution in [0.5, 0.6) is 0 Å². The Morgan fingerprint density at radius 1 is 1.29 bits per heavy atom. The molecule has 2 heterocycles. The molecule has 0 fully saturated rings. The Hall–Kier alpha value is -2.71. The zero-order chi connectivity index (χ0) is 16.9. The van der Waals surface area contributed by atoms with Crippen LogP contribution in [0.2, 0.25) is 0 Å². The number of ether oxygens (including phenoxy) is 1. The van der Waals surface area contributed by atoms with Crippen molar-refractivity contribution in [3.63, 3.8) is 0 Å². The van der Waals surface area contributed by atoms with Crippen molar-refractivity contribution in [1.29, 1.82) is 0 Å². The molecule has 1 aromatic carbocycles. The first-order valence-electron chi connectivity index (χ1n) is 7.24. The van der Waals surface area contributed by atoms with E-state index in [1.165, 1.54) is 30.5 Å². The first-order valence-corrected chi connectivity index (χ1v) is 7.24. The van der Waals surface area contributed by atoms with E-state index in [1.807, 2.05) is 0 Å². The number of aromatic nitrogens is 2. The smallest absolute Gasteiger partial charge is 0.437 e. The first kappa shape index (κ1) is 16.2. The molecule has 0 spiro atoms. The number of benzene rings is 1. The van der Waals surface area contributed by atoms with E-state index in [1.54, 1.807) is 12.1 Å². The SMILES string of the molecule is O=c1oc(-c2ccc(F)cc2)nn1C[C@@H](O)COCc1ccco1. The van der Waals surface area contributed by atoms with Gasteiger partial charge in [-0.3, -0.25) is 0 Å². The van der Waals surface area contributed by atoms with Gasteiger partial charge in [0.2, 0.25) is 5.89 Å². The summed E-state index contributed by atoms with van der Waals surface area (Å²) in [5, 5.41) is 13.9. The molecular weight excluding hydrogens is 319 g/mol. The first-order chi connectivity index (χ1) is 11.6. The average Bonchev–Trinajstić information content (AvgIpc) is 3.19. The van der Waals surface area contributed by atoms with Gasteiger partial charge in [-0.1, -0.05) is 0 Å². The molecule has 0 saturated heterocycles. The quantitative estimate of drug-likeness (QED) is 0.709. The fraction of sp³-hybridized carbons (Fsp3) is 0.250. The normalized spacial score (nSPS) is 12.4.